The van der Waals surface area contributed by atoms with E-state index in [1.807, 2.05) is 0 Å². The van der Waals surface area contributed by atoms with Crippen LogP contribution in [0.5, 0.6) is 11.8 Å². The third-order valence-electron chi connectivity index (χ3n) is 9.36. The monoisotopic (exact) mass is 601 g/mol. The second-order valence-electron chi connectivity index (χ2n) is 12.3. The Hall–Kier alpha value is -4.07. The van der Waals surface area contributed by atoms with Crippen LogP contribution in [0.3, 0.4) is 0 Å². The molecule has 3 aromatic carbocycles. The Bertz CT molecular complexity index is 1810. The minimum atomic E-state index is -0.965. The van der Waals surface area contributed by atoms with Crippen molar-refractivity contribution in [2.75, 3.05) is 31.1 Å². The first-order chi connectivity index (χ1) is 21.3. The summed E-state index contributed by atoms with van der Waals surface area (Å²) in [5.41, 5.74) is -1.01. The number of rotatable bonds is 7. The molecule has 3 aliphatic rings. The molecule has 3 fully saturated rings. The highest BCUT2D eigenvalue weighted by Crippen LogP contribution is 2.42. The summed E-state index contributed by atoms with van der Waals surface area (Å²) in [5.74, 6) is -0.0898. The fourth-order valence-electron chi connectivity index (χ4n) is 7.40. The van der Waals surface area contributed by atoms with E-state index in [2.05, 4.69) is 33.4 Å². The molecule has 0 aliphatic carbocycles. The average molecular weight is 602 g/mol. The van der Waals surface area contributed by atoms with Crippen molar-refractivity contribution < 1.29 is 23.0 Å². The number of ether oxygens (including phenoxy) is 1. The van der Waals surface area contributed by atoms with E-state index in [4.69, 9.17) is 16.1 Å². The quantitative estimate of drug-likeness (QED) is 0.231. The Morgan fingerprint density at radius 1 is 1.11 bits per heavy atom. The van der Waals surface area contributed by atoms with E-state index in [-0.39, 0.29) is 56.8 Å². The van der Waals surface area contributed by atoms with Gasteiger partial charge in [0, 0.05) is 41.5 Å². The van der Waals surface area contributed by atoms with E-state index in [0.29, 0.717) is 30.9 Å². The van der Waals surface area contributed by atoms with Crippen molar-refractivity contribution in [1.82, 2.24) is 20.6 Å². The molecule has 10 heteroatoms. The zero-order valence-corrected chi connectivity index (χ0v) is 24.5. The van der Waals surface area contributed by atoms with Crippen molar-refractivity contribution in [3.05, 3.63) is 53.3 Å². The fourth-order valence-corrected chi connectivity index (χ4v) is 7.40. The molecule has 2 bridgehead atoms. The predicted molar refractivity (Wildman–Crippen MR) is 164 cm³/mol. The maximum Gasteiger partial charge on any atom is 0.319 e. The molecule has 3 saturated heterocycles. The van der Waals surface area contributed by atoms with Crippen LogP contribution >= 0.6 is 0 Å². The van der Waals surface area contributed by atoms with E-state index in [1.54, 1.807) is 0 Å². The highest BCUT2D eigenvalue weighted by Gasteiger charge is 2.36. The van der Waals surface area contributed by atoms with E-state index < -0.39 is 23.0 Å². The fraction of sp³-hybridized carbons (Fsp3) is 0.412. The topological polar surface area (TPSA) is 82.5 Å². The molecule has 4 aromatic rings. The molecule has 1 unspecified atom stereocenters. The maximum atomic E-state index is 16.8. The minimum absolute atomic E-state index is 0.00939. The summed E-state index contributed by atoms with van der Waals surface area (Å²) in [4.78, 5) is 11.3. The predicted octanol–water partition coefficient (Wildman–Crippen LogP) is 5.80. The van der Waals surface area contributed by atoms with Gasteiger partial charge in [-0.1, -0.05) is 25.3 Å². The van der Waals surface area contributed by atoms with Gasteiger partial charge in [0.2, 0.25) is 0 Å². The lowest BCUT2D eigenvalue weighted by Gasteiger charge is -2.34. The average Bonchev–Trinajstić information content (AvgIpc) is 3.61. The van der Waals surface area contributed by atoms with Crippen LogP contribution in [0.2, 0.25) is 0 Å². The number of aromatic nitrogens is 2. The van der Waals surface area contributed by atoms with Gasteiger partial charge in [0.1, 0.15) is 35.3 Å². The molecule has 4 heterocycles. The van der Waals surface area contributed by atoms with Gasteiger partial charge < -0.3 is 25.4 Å². The molecule has 3 aliphatic heterocycles. The van der Waals surface area contributed by atoms with Gasteiger partial charge in [-0.2, -0.15) is 9.97 Å². The highest BCUT2D eigenvalue weighted by molar-refractivity contribution is 6.04. The van der Waals surface area contributed by atoms with E-state index in [1.165, 1.54) is 30.3 Å². The number of terminal acetylenes is 1. The summed E-state index contributed by atoms with van der Waals surface area (Å²) >= 11 is 0. The van der Waals surface area contributed by atoms with Crippen LogP contribution in [0.25, 0.3) is 32.8 Å². The Morgan fingerprint density at radius 2 is 1.91 bits per heavy atom. The van der Waals surface area contributed by atoms with Crippen LogP contribution in [0.4, 0.5) is 19.0 Å². The lowest BCUT2D eigenvalue weighted by atomic mass is 9.92. The normalized spacial score (nSPS) is 23.0. The van der Waals surface area contributed by atoms with Crippen LogP contribution < -0.4 is 20.3 Å². The minimum Gasteiger partial charge on any atom is -0.508 e. The molecule has 0 saturated carbocycles. The molecular weight excluding hydrogens is 567 g/mol. The molecule has 7 nitrogen and oxygen atoms in total. The number of nitrogens with zero attached hydrogens (tertiary/aromatic N) is 3. The van der Waals surface area contributed by atoms with Gasteiger partial charge >= 0.3 is 6.01 Å². The maximum absolute atomic E-state index is 16.8. The first kappa shape index (κ1) is 28.7. The van der Waals surface area contributed by atoms with Crippen molar-refractivity contribution in [3.63, 3.8) is 0 Å². The summed E-state index contributed by atoms with van der Waals surface area (Å²) in [5, 5.41) is 18.3. The third kappa shape index (κ3) is 4.88. The van der Waals surface area contributed by atoms with E-state index in [9.17, 15) is 9.50 Å². The van der Waals surface area contributed by atoms with E-state index in [0.717, 1.165) is 45.1 Å². The number of halogens is 3. The van der Waals surface area contributed by atoms with Crippen LogP contribution in [0.1, 0.15) is 51.0 Å². The molecule has 0 radical (unpaired) electrons. The van der Waals surface area contributed by atoms with Gasteiger partial charge in [-0.3, -0.25) is 0 Å². The first-order valence-electron chi connectivity index (χ1n) is 15.3. The zero-order chi connectivity index (χ0) is 30.6. The van der Waals surface area contributed by atoms with Crippen LogP contribution in [-0.2, 0) is 0 Å². The van der Waals surface area contributed by atoms with Crippen molar-refractivity contribution in [2.24, 2.45) is 0 Å². The number of phenols is 1. The van der Waals surface area contributed by atoms with Crippen molar-refractivity contribution in [1.29, 1.82) is 0 Å². The van der Waals surface area contributed by atoms with Crippen molar-refractivity contribution in [2.45, 2.75) is 63.1 Å². The number of hydrogen-bond acceptors (Lipinski definition) is 7. The summed E-state index contributed by atoms with van der Waals surface area (Å²) in [7, 11) is 0. The number of hydrogen-bond donors (Lipinski definition) is 3. The Labute approximate surface area is 253 Å². The molecular formula is C34H34F3N5O2. The Balaban J connectivity index is 1.42. The summed E-state index contributed by atoms with van der Waals surface area (Å²) in [6, 6.07) is 6.90. The number of piperazine rings is 1. The second kappa shape index (κ2) is 11.1. The summed E-state index contributed by atoms with van der Waals surface area (Å²) < 4.78 is 54.0. The van der Waals surface area contributed by atoms with Gasteiger partial charge in [-0.15, -0.1) is 6.42 Å². The highest BCUT2D eigenvalue weighted by atomic mass is 19.1. The molecule has 1 aromatic heterocycles. The van der Waals surface area contributed by atoms with Crippen LogP contribution in [-0.4, -0.2) is 58.9 Å². The lowest BCUT2D eigenvalue weighted by Crippen LogP contribution is -2.51. The molecule has 3 atom stereocenters. The second-order valence-corrected chi connectivity index (χ2v) is 12.3. The molecule has 44 heavy (non-hydrogen) atoms. The third-order valence-corrected chi connectivity index (χ3v) is 9.36. The number of nitrogens with one attached hydrogen (secondary N) is 2. The Kier molecular flexibility index (Phi) is 7.26. The van der Waals surface area contributed by atoms with Crippen molar-refractivity contribution >= 4 is 27.5 Å². The van der Waals surface area contributed by atoms with Crippen LogP contribution in [0.15, 0.2) is 30.3 Å². The molecule has 0 amide bonds. The van der Waals surface area contributed by atoms with Gasteiger partial charge in [-0.25, -0.2) is 13.2 Å². The number of phenolic OH excluding ortho intramolecular Hbond substituents is 1. The standard InChI is InChI=1S/C34H34F3N5O2/c1-3-10-34(11-5-12-38-34)18-44-33-40-31-25(32(41-33)42-16-20-7-8-21(17-42)39-20)15-27(36)29(30(31)37)24-14-22(43)13-19-6-9-26(35)23(4-2)28(19)24/h2,6,9,13-15,20-21,38-39,43H,3,5,7-8,10-12,16-18H2,1H3/t20-,21+,34?. The van der Waals surface area contributed by atoms with Crippen molar-refractivity contribution in [3.8, 4) is 35.2 Å². The Morgan fingerprint density at radius 3 is 2.61 bits per heavy atom. The van der Waals surface area contributed by atoms with Crippen LogP contribution in [0, 0.1) is 29.8 Å². The lowest BCUT2D eigenvalue weighted by molar-refractivity contribution is 0.176. The number of benzene rings is 3. The molecule has 228 valence electrons. The molecule has 0 spiro atoms. The van der Waals surface area contributed by atoms with Gasteiger partial charge in [0.15, 0.2) is 5.82 Å². The molecule has 7 rings (SSSR count). The number of aromatic hydroxyl groups is 1. The largest absolute Gasteiger partial charge is 0.508 e. The van der Waals surface area contributed by atoms with Gasteiger partial charge in [0.25, 0.3) is 0 Å². The summed E-state index contributed by atoms with van der Waals surface area (Å²) in [6.45, 7) is 4.61. The van der Waals surface area contributed by atoms with Gasteiger partial charge in [0.05, 0.1) is 16.7 Å². The number of fused-ring (bicyclic) bond motifs is 4. The smallest absolute Gasteiger partial charge is 0.319 e. The molecule has 3 N–H and O–H groups in total. The first-order valence-corrected chi connectivity index (χ1v) is 15.3. The summed E-state index contributed by atoms with van der Waals surface area (Å²) in [6.07, 6.45) is 11.5. The van der Waals surface area contributed by atoms with Gasteiger partial charge in [-0.05, 0) is 68.3 Å². The SMILES string of the molecule is C#Cc1c(F)ccc2cc(O)cc(-c3c(F)cc4c(N5C[C@H]6CC[C@@H](C5)N6)nc(OCC5(CCC)CCCN5)nc4c3F)c12. The zero-order valence-electron chi connectivity index (χ0n) is 24.5. The number of anilines is 1. The van der Waals surface area contributed by atoms with E-state index >= 15 is 8.78 Å².